The second kappa shape index (κ2) is 7.46. The first kappa shape index (κ1) is 14.2. The van der Waals surface area contributed by atoms with E-state index in [1.165, 1.54) is 17.5 Å². The van der Waals surface area contributed by atoms with Crippen LogP contribution in [0.15, 0.2) is 24.3 Å². The molecule has 17 heavy (non-hydrogen) atoms. The van der Waals surface area contributed by atoms with E-state index in [0.717, 1.165) is 19.6 Å². The standard InChI is InChI=1S/C15H26N2/c1-5-16-15(11-12-17(4)6-2)14-10-8-7-9-13(14)3/h7-10,15-16H,5-6,11-12H2,1-4H3. The van der Waals surface area contributed by atoms with Gasteiger partial charge in [-0.15, -0.1) is 0 Å². The van der Waals surface area contributed by atoms with Crippen LogP contribution in [-0.2, 0) is 0 Å². The molecule has 1 N–H and O–H groups in total. The van der Waals surface area contributed by atoms with E-state index in [0.29, 0.717) is 6.04 Å². The minimum atomic E-state index is 0.482. The Morgan fingerprint density at radius 1 is 1.24 bits per heavy atom. The number of hydrogen-bond acceptors (Lipinski definition) is 2. The van der Waals surface area contributed by atoms with Gasteiger partial charge in [-0.3, -0.25) is 0 Å². The maximum atomic E-state index is 3.59. The molecule has 0 aliphatic carbocycles. The van der Waals surface area contributed by atoms with Gasteiger partial charge in [0.15, 0.2) is 0 Å². The van der Waals surface area contributed by atoms with Crippen molar-refractivity contribution in [2.24, 2.45) is 0 Å². The molecule has 96 valence electrons. The summed E-state index contributed by atoms with van der Waals surface area (Å²) in [7, 11) is 2.18. The third-order valence-electron chi connectivity index (χ3n) is 3.35. The van der Waals surface area contributed by atoms with Crippen LogP contribution < -0.4 is 5.32 Å². The molecular formula is C15H26N2. The van der Waals surface area contributed by atoms with E-state index in [4.69, 9.17) is 0 Å². The van der Waals surface area contributed by atoms with Crippen molar-refractivity contribution in [1.29, 1.82) is 0 Å². The third kappa shape index (κ3) is 4.49. The second-order valence-electron chi connectivity index (χ2n) is 4.65. The molecule has 1 aromatic carbocycles. The van der Waals surface area contributed by atoms with Gasteiger partial charge in [0, 0.05) is 6.04 Å². The van der Waals surface area contributed by atoms with Crippen LogP contribution in [0.4, 0.5) is 0 Å². The summed E-state index contributed by atoms with van der Waals surface area (Å²) in [5.74, 6) is 0. The Labute approximate surface area is 106 Å². The number of hydrogen-bond donors (Lipinski definition) is 1. The van der Waals surface area contributed by atoms with Crippen molar-refractivity contribution >= 4 is 0 Å². The lowest BCUT2D eigenvalue weighted by Gasteiger charge is -2.23. The first-order valence-electron chi connectivity index (χ1n) is 6.66. The summed E-state index contributed by atoms with van der Waals surface area (Å²) in [6.45, 7) is 9.86. The summed E-state index contributed by atoms with van der Waals surface area (Å²) in [6, 6.07) is 9.17. The van der Waals surface area contributed by atoms with Crippen molar-refractivity contribution < 1.29 is 0 Å². The molecule has 2 heteroatoms. The van der Waals surface area contributed by atoms with Crippen LogP contribution in [0.5, 0.6) is 0 Å². The Bertz CT molecular complexity index is 322. The van der Waals surface area contributed by atoms with Crippen molar-refractivity contribution in [3.05, 3.63) is 35.4 Å². The summed E-state index contributed by atoms with van der Waals surface area (Å²) >= 11 is 0. The zero-order valence-corrected chi connectivity index (χ0v) is 11.7. The number of nitrogens with one attached hydrogen (secondary N) is 1. The zero-order chi connectivity index (χ0) is 12.7. The van der Waals surface area contributed by atoms with Crippen LogP contribution in [0.25, 0.3) is 0 Å². The summed E-state index contributed by atoms with van der Waals surface area (Å²) in [5, 5.41) is 3.59. The fourth-order valence-electron chi connectivity index (χ4n) is 2.10. The third-order valence-corrected chi connectivity index (χ3v) is 3.35. The minimum absolute atomic E-state index is 0.482. The Morgan fingerprint density at radius 3 is 2.53 bits per heavy atom. The first-order chi connectivity index (χ1) is 8.19. The number of nitrogens with zero attached hydrogens (tertiary/aromatic N) is 1. The number of rotatable bonds is 7. The highest BCUT2D eigenvalue weighted by Gasteiger charge is 2.12. The lowest BCUT2D eigenvalue weighted by atomic mass is 9.98. The molecule has 0 spiro atoms. The van der Waals surface area contributed by atoms with E-state index in [2.05, 4.69) is 62.3 Å². The molecule has 0 amide bonds. The molecule has 1 atom stereocenters. The van der Waals surface area contributed by atoms with Crippen molar-refractivity contribution in [2.45, 2.75) is 33.2 Å². The predicted octanol–water partition coefficient (Wildman–Crippen LogP) is 2.99. The summed E-state index contributed by atoms with van der Waals surface area (Å²) < 4.78 is 0. The van der Waals surface area contributed by atoms with E-state index in [-0.39, 0.29) is 0 Å². The molecule has 1 unspecified atom stereocenters. The first-order valence-corrected chi connectivity index (χ1v) is 6.66. The molecular weight excluding hydrogens is 208 g/mol. The Kier molecular flexibility index (Phi) is 6.23. The van der Waals surface area contributed by atoms with Crippen molar-refractivity contribution in [1.82, 2.24) is 10.2 Å². The van der Waals surface area contributed by atoms with Gasteiger partial charge >= 0.3 is 0 Å². The lowest BCUT2D eigenvalue weighted by Crippen LogP contribution is -2.27. The van der Waals surface area contributed by atoms with Crippen LogP contribution in [0, 0.1) is 6.92 Å². The molecule has 0 aliphatic heterocycles. The largest absolute Gasteiger partial charge is 0.310 e. The molecule has 0 radical (unpaired) electrons. The Morgan fingerprint density at radius 2 is 1.94 bits per heavy atom. The van der Waals surface area contributed by atoms with Gasteiger partial charge < -0.3 is 10.2 Å². The van der Waals surface area contributed by atoms with Gasteiger partial charge in [-0.1, -0.05) is 38.1 Å². The molecule has 0 fully saturated rings. The SMILES string of the molecule is CCNC(CCN(C)CC)c1ccccc1C. The minimum Gasteiger partial charge on any atom is -0.310 e. The molecule has 0 aromatic heterocycles. The average molecular weight is 234 g/mol. The average Bonchev–Trinajstić information content (AvgIpc) is 2.35. The van der Waals surface area contributed by atoms with Gasteiger partial charge in [-0.05, 0) is 51.2 Å². The summed E-state index contributed by atoms with van der Waals surface area (Å²) in [4.78, 5) is 2.36. The Balaban J connectivity index is 2.68. The van der Waals surface area contributed by atoms with Crippen molar-refractivity contribution in [3.63, 3.8) is 0 Å². The number of benzene rings is 1. The normalized spacial score (nSPS) is 13.0. The quantitative estimate of drug-likeness (QED) is 0.780. The van der Waals surface area contributed by atoms with Gasteiger partial charge in [0.2, 0.25) is 0 Å². The van der Waals surface area contributed by atoms with Gasteiger partial charge in [0.1, 0.15) is 0 Å². The topological polar surface area (TPSA) is 15.3 Å². The molecule has 0 aliphatic rings. The van der Waals surface area contributed by atoms with E-state index in [1.54, 1.807) is 0 Å². The molecule has 1 rings (SSSR count). The van der Waals surface area contributed by atoms with E-state index >= 15 is 0 Å². The fourth-order valence-corrected chi connectivity index (χ4v) is 2.10. The zero-order valence-electron chi connectivity index (χ0n) is 11.7. The van der Waals surface area contributed by atoms with Gasteiger partial charge in [-0.25, -0.2) is 0 Å². The highest BCUT2D eigenvalue weighted by atomic mass is 15.1. The predicted molar refractivity (Wildman–Crippen MR) is 75.4 cm³/mol. The molecule has 0 saturated heterocycles. The van der Waals surface area contributed by atoms with Crippen LogP contribution in [0.1, 0.15) is 37.4 Å². The summed E-state index contributed by atoms with van der Waals surface area (Å²) in [5.41, 5.74) is 2.83. The van der Waals surface area contributed by atoms with E-state index < -0.39 is 0 Å². The highest BCUT2D eigenvalue weighted by molar-refractivity contribution is 5.28. The fraction of sp³-hybridized carbons (Fsp3) is 0.600. The Hall–Kier alpha value is -0.860. The van der Waals surface area contributed by atoms with Gasteiger partial charge in [0.25, 0.3) is 0 Å². The lowest BCUT2D eigenvalue weighted by molar-refractivity contribution is 0.322. The highest BCUT2D eigenvalue weighted by Crippen LogP contribution is 2.20. The van der Waals surface area contributed by atoms with Crippen molar-refractivity contribution in [2.75, 3.05) is 26.7 Å². The van der Waals surface area contributed by atoms with E-state index in [9.17, 15) is 0 Å². The van der Waals surface area contributed by atoms with Crippen LogP contribution in [0.2, 0.25) is 0 Å². The summed E-state index contributed by atoms with van der Waals surface area (Å²) in [6.07, 6.45) is 1.17. The van der Waals surface area contributed by atoms with Crippen LogP contribution in [-0.4, -0.2) is 31.6 Å². The maximum absolute atomic E-state index is 3.59. The molecule has 0 heterocycles. The van der Waals surface area contributed by atoms with Gasteiger partial charge in [-0.2, -0.15) is 0 Å². The molecule has 1 aromatic rings. The number of aryl methyl sites for hydroxylation is 1. The van der Waals surface area contributed by atoms with Gasteiger partial charge in [0.05, 0.1) is 0 Å². The van der Waals surface area contributed by atoms with E-state index in [1.807, 2.05) is 0 Å². The molecule has 2 nitrogen and oxygen atoms in total. The van der Waals surface area contributed by atoms with Crippen molar-refractivity contribution in [3.8, 4) is 0 Å². The maximum Gasteiger partial charge on any atom is 0.0334 e. The molecule has 0 saturated carbocycles. The van der Waals surface area contributed by atoms with Crippen LogP contribution >= 0.6 is 0 Å². The smallest absolute Gasteiger partial charge is 0.0334 e. The second-order valence-corrected chi connectivity index (χ2v) is 4.65. The molecule has 0 bridgehead atoms. The van der Waals surface area contributed by atoms with Crippen LogP contribution in [0.3, 0.4) is 0 Å². The monoisotopic (exact) mass is 234 g/mol.